The SMILES string of the molecule is CCNCc1cnc(N(C)Cc2scnc2C)nc1C. The Morgan fingerprint density at radius 2 is 2.05 bits per heavy atom. The predicted molar refractivity (Wildman–Crippen MR) is 83.1 cm³/mol. The van der Waals surface area contributed by atoms with Crippen LogP contribution in [-0.2, 0) is 13.1 Å². The van der Waals surface area contributed by atoms with E-state index in [1.807, 2.05) is 32.6 Å². The largest absolute Gasteiger partial charge is 0.339 e. The van der Waals surface area contributed by atoms with Crippen LogP contribution in [0.5, 0.6) is 0 Å². The Kier molecular flexibility index (Phi) is 5.03. The molecule has 0 saturated heterocycles. The third-order valence-electron chi connectivity index (χ3n) is 3.20. The van der Waals surface area contributed by atoms with E-state index in [-0.39, 0.29) is 0 Å². The van der Waals surface area contributed by atoms with Gasteiger partial charge in [0.1, 0.15) is 0 Å². The van der Waals surface area contributed by atoms with Crippen LogP contribution in [0.1, 0.15) is 28.8 Å². The fourth-order valence-electron chi connectivity index (χ4n) is 1.86. The van der Waals surface area contributed by atoms with Crippen molar-refractivity contribution in [2.45, 2.75) is 33.9 Å². The molecule has 0 aliphatic rings. The third kappa shape index (κ3) is 3.52. The molecule has 2 rings (SSSR count). The van der Waals surface area contributed by atoms with Gasteiger partial charge in [-0.05, 0) is 20.4 Å². The summed E-state index contributed by atoms with van der Waals surface area (Å²) in [6.07, 6.45) is 1.91. The second kappa shape index (κ2) is 6.76. The molecule has 0 spiro atoms. The molecule has 2 aromatic heterocycles. The van der Waals surface area contributed by atoms with Crippen LogP contribution >= 0.6 is 11.3 Å². The lowest BCUT2D eigenvalue weighted by atomic mass is 10.2. The van der Waals surface area contributed by atoms with Gasteiger partial charge >= 0.3 is 0 Å². The van der Waals surface area contributed by atoms with Crippen molar-refractivity contribution in [3.8, 4) is 0 Å². The van der Waals surface area contributed by atoms with Gasteiger partial charge in [0.15, 0.2) is 0 Å². The molecule has 20 heavy (non-hydrogen) atoms. The zero-order valence-corrected chi connectivity index (χ0v) is 13.3. The fraction of sp³-hybridized carbons (Fsp3) is 0.500. The number of nitrogens with zero attached hydrogens (tertiary/aromatic N) is 4. The van der Waals surface area contributed by atoms with Crippen molar-refractivity contribution in [1.82, 2.24) is 20.3 Å². The molecule has 2 heterocycles. The number of nitrogens with one attached hydrogen (secondary N) is 1. The predicted octanol–water partition coefficient (Wildman–Crippen LogP) is 2.30. The van der Waals surface area contributed by atoms with Crippen molar-refractivity contribution in [2.75, 3.05) is 18.5 Å². The van der Waals surface area contributed by atoms with E-state index in [0.717, 1.165) is 42.5 Å². The van der Waals surface area contributed by atoms with Crippen LogP contribution in [0.15, 0.2) is 11.7 Å². The molecule has 0 amide bonds. The fourth-order valence-corrected chi connectivity index (χ4v) is 2.69. The molecule has 2 aromatic rings. The van der Waals surface area contributed by atoms with E-state index in [4.69, 9.17) is 0 Å². The lowest BCUT2D eigenvalue weighted by molar-refractivity contribution is 0.714. The highest BCUT2D eigenvalue weighted by molar-refractivity contribution is 7.09. The Labute approximate surface area is 124 Å². The molecule has 0 fully saturated rings. The Balaban J connectivity index is 2.08. The molecule has 1 N–H and O–H groups in total. The normalized spacial score (nSPS) is 10.8. The van der Waals surface area contributed by atoms with Crippen LogP contribution in [0.4, 0.5) is 5.95 Å². The highest BCUT2D eigenvalue weighted by Gasteiger charge is 2.10. The van der Waals surface area contributed by atoms with Gasteiger partial charge in [0.2, 0.25) is 5.95 Å². The minimum atomic E-state index is 0.760. The van der Waals surface area contributed by atoms with E-state index in [9.17, 15) is 0 Å². The van der Waals surface area contributed by atoms with Crippen molar-refractivity contribution in [1.29, 1.82) is 0 Å². The molecular weight excluding hydrogens is 270 g/mol. The maximum atomic E-state index is 4.60. The van der Waals surface area contributed by atoms with Crippen LogP contribution in [0.2, 0.25) is 0 Å². The number of rotatable bonds is 6. The van der Waals surface area contributed by atoms with Gasteiger partial charge in [-0.2, -0.15) is 0 Å². The van der Waals surface area contributed by atoms with Gasteiger partial charge in [-0.3, -0.25) is 0 Å². The minimum Gasteiger partial charge on any atom is -0.339 e. The monoisotopic (exact) mass is 291 g/mol. The van der Waals surface area contributed by atoms with E-state index in [2.05, 4.69) is 32.1 Å². The summed E-state index contributed by atoms with van der Waals surface area (Å²) in [5.41, 5.74) is 5.15. The molecule has 5 nitrogen and oxygen atoms in total. The van der Waals surface area contributed by atoms with Gasteiger partial charge in [0.05, 0.1) is 17.7 Å². The zero-order chi connectivity index (χ0) is 14.5. The van der Waals surface area contributed by atoms with Crippen molar-refractivity contribution in [3.05, 3.63) is 33.5 Å². The third-order valence-corrected chi connectivity index (χ3v) is 4.12. The van der Waals surface area contributed by atoms with E-state index in [1.54, 1.807) is 11.3 Å². The van der Waals surface area contributed by atoms with E-state index in [0.29, 0.717) is 0 Å². The number of aryl methyl sites for hydroxylation is 2. The molecule has 108 valence electrons. The van der Waals surface area contributed by atoms with Gasteiger partial charge in [-0.25, -0.2) is 15.0 Å². The number of hydrogen-bond acceptors (Lipinski definition) is 6. The first-order valence-electron chi connectivity index (χ1n) is 6.75. The Hall–Kier alpha value is -1.53. The minimum absolute atomic E-state index is 0.760. The summed E-state index contributed by atoms with van der Waals surface area (Å²) in [4.78, 5) is 16.6. The van der Waals surface area contributed by atoms with E-state index >= 15 is 0 Å². The molecule has 0 aromatic carbocycles. The average molecular weight is 291 g/mol. The summed E-state index contributed by atoms with van der Waals surface area (Å²) in [6.45, 7) is 8.72. The number of hydrogen-bond donors (Lipinski definition) is 1. The van der Waals surface area contributed by atoms with Gasteiger partial charge < -0.3 is 10.2 Å². The van der Waals surface area contributed by atoms with Gasteiger partial charge in [0, 0.05) is 35.9 Å². The quantitative estimate of drug-likeness (QED) is 0.885. The number of aromatic nitrogens is 3. The molecule has 0 bridgehead atoms. The molecule has 0 aliphatic heterocycles. The molecule has 0 saturated carbocycles. The van der Waals surface area contributed by atoms with Crippen LogP contribution in [0, 0.1) is 13.8 Å². The van der Waals surface area contributed by atoms with Crippen LogP contribution in [-0.4, -0.2) is 28.5 Å². The first-order chi connectivity index (χ1) is 9.61. The van der Waals surface area contributed by atoms with Gasteiger partial charge in [-0.15, -0.1) is 11.3 Å². The molecule has 6 heteroatoms. The summed E-state index contributed by atoms with van der Waals surface area (Å²) in [5, 5.41) is 3.30. The van der Waals surface area contributed by atoms with Crippen LogP contribution in [0.3, 0.4) is 0 Å². The standard InChI is InChI=1S/C14H21N5S/c1-5-15-6-12-7-16-14(18-10(12)2)19(4)8-13-11(3)17-9-20-13/h7,9,15H,5-6,8H2,1-4H3. The summed E-state index contributed by atoms with van der Waals surface area (Å²) in [5.74, 6) is 0.760. The van der Waals surface area contributed by atoms with Gasteiger partial charge in [0.25, 0.3) is 0 Å². The Morgan fingerprint density at radius 3 is 2.65 bits per heavy atom. The van der Waals surface area contributed by atoms with Gasteiger partial charge in [-0.1, -0.05) is 6.92 Å². The second-order valence-electron chi connectivity index (χ2n) is 4.78. The molecule has 0 unspecified atom stereocenters. The summed E-state index contributed by atoms with van der Waals surface area (Å²) in [7, 11) is 2.01. The number of thiazole rings is 1. The van der Waals surface area contributed by atoms with Crippen molar-refractivity contribution in [2.24, 2.45) is 0 Å². The second-order valence-corrected chi connectivity index (χ2v) is 5.72. The molecule has 0 atom stereocenters. The lowest BCUT2D eigenvalue weighted by Crippen LogP contribution is -2.20. The Bertz CT molecular complexity index is 566. The summed E-state index contributed by atoms with van der Waals surface area (Å²) >= 11 is 1.67. The lowest BCUT2D eigenvalue weighted by Gasteiger charge is -2.17. The van der Waals surface area contributed by atoms with E-state index < -0.39 is 0 Å². The maximum Gasteiger partial charge on any atom is 0.225 e. The van der Waals surface area contributed by atoms with Crippen LogP contribution < -0.4 is 10.2 Å². The molecular formula is C14H21N5S. The van der Waals surface area contributed by atoms with Crippen molar-refractivity contribution >= 4 is 17.3 Å². The average Bonchev–Trinajstić information content (AvgIpc) is 2.83. The van der Waals surface area contributed by atoms with Crippen molar-refractivity contribution < 1.29 is 0 Å². The van der Waals surface area contributed by atoms with Crippen LogP contribution in [0.25, 0.3) is 0 Å². The maximum absolute atomic E-state index is 4.60. The molecule has 0 radical (unpaired) electrons. The highest BCUT2D eigenvalue weighted by Crippen LogP contribution is 2.17. The first-order valence-corrected chi connectivity index (χ1v) is 7.63. The topological polar surface area (TPSA) is 53.9 Å². The van der Waals surface area contributed by atoms with E-state index in [1.165, 1.54) is 4.88 Å². The number of anilines is 1. The summed E-state index contributed by atoms with van der Waals surface area (Å²) in [6, 6.07) is 0. The smallest absolute Gasteiger partial charge is 0.225 e. The highest BCUT2D eigenvalue weighted by atomic mass is 32.1. The summed E-state index contributed by atoms with van der Waals surface area (Å²) < 4.78 is 0. The first kappa shape index (κ1) is 14.9. The van der Waals surface area contributed by atoms with Crippen molar-refractivity contribution in [3.63, 3.8) is 0 Å². The Morgan fingerprint density at radius 1 is 1.25 bits per heavy atom. The molecule has 0 aliphatic carbocycles. The zero-order valence-electron chi connectivity index (χ0n) is 12.5.